The standard InChI is InChI=1S/C19H16N6O/c26-19(11-14-6-3-5-13-8-9-20-12-16(13)14)21-17-7-2-1-4-15(17)10-18-22-24-25-23-18/h1-9,12H,10-11H2,(H,21,26)(H,22,23,24,25). The van der Waals surface area contributed by atoms with Crippen LogP contribution in [0.25, 0.3) is 10.8 Å². The van der Waals surface area contributed by atoms with Crippen molar-refractivity contribution >= 4 is 22.4 Å². The van der Waals surface area contributed by atoms with Gasteiger partial charge >= 0.3 is 0 Å². The molecule has 2 aromatic carbocycles. The summed E-state index contributed by atoms with van der Waals surface area (Å²) < 4.78 is 0. The molecule has 0 unspecified atom stereocenters. The molecular formula is C19H16N6O. The molecule has 0 saturated carbocycles. The monoisotopic (exact) mass is 344 g/mol. The molecule has 0 radical (unpaired) electrons. The van der Waals surface area contributed by atoms with E-state index in [1.807, 2.05) is 48.5 Å². The van der Waals surface area contributed by atoms with Gasteiger partial charge in [-0.1, -0.05) is 41.6 Å². The lowest BCUT2D eigenvalue weighted by molar-refractivity contribution is -0.115. The van der Waals surface area contributed by atoms with Gasteiger partial charge in [-0.3, -0.25) is 9.78 Å². The topological polar surface area (TPSA) is 96.5 Å². The van der Waals surface area contributed by atoms with Gasteiger partial charge in [0, 0.05) is 29.9 Å². The second kappa shape index (κ2) is 7.10. The zero-order valence-corrected chi connectivity index (χ0v) is 13.9. The molecule has 0 bridgehead atoms. The largest absolute Gasteiger partial charge is 0.326 e. The van der Waals surface area contributed by atoms with Gasteiger partial charge in [0.1, 0.15) is 0 Å². The zero-order valence-electron chi connectivity index (χ0n) is 13.9. The molecule has 1 amide bonds. The number of hydrogen-bond donors (Lipinski definition) is 2. The number of anilines is 1. The third-order valence-electron chi connectivity index (χ3n) is 4.15. The predicted molar refractivity (Wildman–Crippen MR) is 97.5 cm³/mol. The molecular weight excluding hydrogens is 328 g/mol. The summed E-state index contributed by atoms with van der Waals surface area (Å²) in [6.45, 7) is 0. The quantitative estimate of drug-likeness (QED) is 0.580. The Kier molecular flexibility index (Phi) is 4.34. The van der Waals surface area contributed by atoms with Gasteiger partial charge in [0.2, 0.25) is 5.91 Å². The van der Waals surface area contributed by atoms with Crippen molar-refractivity contribution in [3.05, 3.63) is 77.9 Å². The molecule has 128 valence electrons. The molecule has 4 aromatic rings. The molecule has 2 aromatic heterocycles. The maximum atomic E-state index is 12.6. The van der Waals surface area contributed by atoms with Crippen molar-refractivity contribution in [2.24, 2.45) is 0 Å². The highest BCUT2D eigenvalue weighted by atomic mass is 16.1. The second-order valence-electron chi connectivity index (χ2n) is 5.90. The molecule has 0 spiro atoms. The number of pyridine rings is 1. The van der Waals surface area contributed by atoms with Gasteiger partial charge in [-0.2, -0.15) is 5.21 Å². The lowest BCUT2D eigenvalue weighted by Crippen LogP contribution is -2.16. The molecule has 7 nitrogen and oxygen atoms in total. The van der Waals surface area contributed by atoms with Crippen molar-refractivity contribution < 1.29 is 4.79 Å². The number of aromatic amines is 1. The fourth-order valence-corrected chi connectivity index (χ4v) is 2.92. The minimum absolute atomic E-state index is 0.0816. The van der Waals surface area contributed by atoms with E-state index in [4.69, 9.17) is 0 Å². The molecule has 2 N–H and O–H groups in total. The van der Waals surface area contributed by atoms with Crippen LogP contribution in [0.2, 0.25) is 0 Å². The molecule has 0 aliphatic rings. The minimum atomic E-state index is -0.0816. The zero-order chi connectivity index (χ0) is 17.8. The molecule has 0 saturated heterocycles. The van der Waals surface area contributed by atoms with Gasteiger partial charge in [-0.05, 0) is 28.6 Å². The Morgan fingerprint density at radius 3 is 2.81 bits per heavy atom. The van der Waals surface area contributed by atoms with E-state index in [1.165, 1.54) is 0 Å². The lowest BCUT2D eigenvalue weighted by Gasteiger charge is -2.11. The number of carbonyl (C=O) groups excluding carboxylic acids is 1. The first-order valence-electron chi connectivity index (χ1n) is 8.21. The first-order valence-corrected chi connectivity index (χ1v) is 8.21. The second-order valence-corrected chi connectivity index (χ2v) is 5.90. The number of aromatic nitrogens is 5. The average Bonchev–Trinajstić information content (AvgIpc) is 3.17. The van der Waals surface area contributed by atoms with Gasteiger partial charge in [0.25, 0.3) is 0 Å². The van der Waals surface area contributed by atoms with Crippen molar-refractivity contribution in [1.82, 2.24) is 25.6 Å². The van der Waals surface area contributed by atoms with Crippen LogP contribution < -0.4 is 5.32 Å². The highest BCUT2D eigenvalue weighted by Crippen LogP contribution is 2.20. The lowest BCUT2D eigenvalue weighted by atomic mass is 10.0. The third kappa shape index (κ3) is 3.41. The number of fused-ring (bicyclic) bond motifs is 1. The maximum Gasteiger partial charge on any atom is 0.228 e. The Morgan fingerprint density at radius 2 is 1.92 bits per heavy atom. The SMILES string of the molecule is O=C(Cc1cccc2ccncc12)Nc1ccccc1Cc1nn[nH]n1. The van der Waals surface area contributed by atoms with E-state index in [0.717, 1.165) is 27.6 Å². The maximum absolute atomic E-state index is 12.6. The van der Waals surface area contributed by atoms with E-state index >= 15 is 0 Å². The summed E-state index contributed by atoms with van der Waals surface area (Å²) in [5.74, 6) is 0.494. The Morgan fingerprint density at radius 1 is 1.04 bits per heavy atom. The normalized spacial score (nSPS) is 10.8. The van der Waals surface area contributed by atoms with Crippen LogP contribution in [0.3, 0.4) is 0 Å². The number of amides is 1. The Balaban J connectivity index is 1.53. The molecule has 26 heavy (non-hydrogen) atoms. The Labute approximate surface area is 149 Å². The fourth-order valence-electron chi connectivity index (χ4n) is 2.92. The molecule has 4 rings (SSSR count). The van der Waals surface area contributed by atoms with Crippen molar-refractivity contribution in [3.8, 4) is 0 Å². The van der Waals surface area contributed by atoms with Crippen LogP contribution in [0, 0.1) is 0 Å². The number of rotatable bonds is 5. The average molecular weight is 344 g/mol. The van der Waals surface area contributed by atoms with Crippen LogP contribution in [0.5, 0.6) is 0 Å². The predicted octanol–water partition coefficient (Wildman–Crippen LogP) is 2.52. The van der Waals surface area contributed by atoms with Gasteiger partial charge in [0.05, 0.1) is 6.42 Å². The van der Waals surface area contributed by atoms with Crippen LogP contribution in [0.4, 0.5) is 5.69 Å². The van der Waals surface area contributed by atoms with Gasteiger partial charge < -0.3 is 5.32 Å². The number of nitrogens with one attached hydrogen (secondary N) is 2. The molecule has 2 heterocycles. The van der Waals surface area contributed by atoms with Crippen molar-refractivity contribution in [3.63, 3.8) is 0 Å². The Hall–Kier alpha value is -3.61. The van der Waals surface area contributed by atoms with Crippen LogP contribution >= 0.6 is 0 Å². The molecule has 0 aliphatic heterocycles. The number of hydrogen-bond acceptors (Lipinski definition) is 5. The van der Waals surface area contributed by atoms with Crippen molar-refractivity contribution in [2.45, 2.75) is 12.8 Å². The fraction of sp³-hybridized carbons (Fsp3) is 0.105. The van der Waals surface area contributed by atoms with Crippen LogP contribution in [-0.4, -0.2) is 31.5 Å². The summed E-state index contributed by atoms with van der Waals surface area (Å²) in [4.78, 5) is 16.8. The number of benzene rings is 2. The summed E-state index contributed by atoms with van der Waals surface area (Å²) in [7, 11) is 0. The highest BCUT2D eigenvalue weighted by molar-refractivity contribution is 5.96. The highest BCUT2D eigenvalue weighted by Gasteiger charge is 2.11. The van der Waals surface area contributed by atoms with Crippen LogP contribution in [0.1, 0.15) is 17.0 Å². The molecule has 0 fully saturated rings. The van der Waals surface area contributed by atoms with E-state index in [-0.39, 0.29) is 12.3 Å². The third-order valence-corrected chi connectivity index (χ3v) is 4.15. The summed E-state index contributed by atoms with van der Waals surface area (Å²) in [6.07, 6.45) is 4.31. The smallest absolute Gasteiger partial charge is 0.228 e. The van der Waals surface area contributed by atoms with Gasteiger partial charge in [-0.15, -0.1) is 10.2 Å². The first-order chi connectivity index (χ1) is 12.8. The summed E-state index contributed by atoms with van der Waals surface area (Å²) in [5, 5.41) is 19.0. The van der Waals surface area contributed by atoms with E-state index in [2.05, 4.69) is 30.9 Å². The van der Waals surface area contributed by atoms with Crippen LogP contribution in [-0.2, 0) is 17.6 Å². The minimum Gasteiger partial charge on any atom is -0.326 e. The number of carbonyl (C=O) groups is 1. The number of H-pyrrole nitrogens is 1. The summed E-state index contributed by atoms with van der Waals surface area (Å²) in [6, 6.07) is 15.5. The Bertz CT molecular complexity index is 1040. The molecule has 0 aliphatic carbocycles. The number of para-hydroxylation sites is 1. The van der Waals surface area contributed by atoms with Crippen LogP contribution in [0.15, 0.2) is 60.9 Å². The van der Waals surface area contributed by atoms with Crippen molar-refractivity contribution in [2.75, 3.05) is 5.32 Å². The van der Waals surface area contributed by atoms with E-state index in [0.29, 0.717) is 12.2 Å². The summed E-state index contributed by atoms with van der Waals surface area (Å²) >= 11 is 0. The molecule has 7 heteroatoms. The first kappa shape index (κ1) is 15.9. The van der Waals surface area contributed by atoms with E-state index in [9.17, 15) is 4.79 Å². The van der Waals surface area contributed by atoms with Crippen molar-refractivity contribution in [1.29, 1.82) is 0 Å². The van der Waals surface area contributed by atoms with E-state index < -0.39 is 0 Å². The van der Waals surface area contributed by atoms with Gasteiger partial charge in [-0.25, -0.2) is 0 Å². The van der Waals surface area contributed by atoms with Gasteiger partial charge in [0.15, 0.2) is 5.82 Å². The number of nitrogens with zero attached hydrogens (tertiary/aromatic N) is 4. The number of tetrazole rings is 1. The van der Waals surface area contributed by atoms with E-state index in [1.54, 1.807) is 12.4 Å². The molecule has 0 atom stereocenters. The summed E-state index contributed by atoms with van der Waals surface area (Å²) in [5.41, 5.74) is 2.63.